The van der Waals surface area contributed by atoms with E-state index in [1.165, 1.54) is 0 Å². The third kappa shape index (κ3) is 1.48. The molecule has 3 heteroatoms. The number of carbonyl (C=O) groups excluding carboxylic acids is 1. The number of Topliss-reactive ketones (excluding diaryl/α,β-unsaturated/α-hetero) is 1. The summed E-state index contributed by atoms with van der Waals surface area (Å²) < 4.78 is 0. The molecular weight excluding hydrogens is 222 g/mol. The predicted octanol–water partition coefficient (Wildman–Crippen LogP) is 2.57. The van der Waals surface area contributed by atoms with Gasteiger partial charge in [0.25, 0.3) is 0 Å². The van der Waals surface area contributed by atoms with E-state index >= 15 is 0 Å². The van der Waals surface area contributed by atoms with E-state index < -0.39 is 0 Å². The largest absolute Gasteiger partial charge is 0.305 e. The lowest BCUT2D eigenvalue weighted by Gasteiger charge is -2.26. The first kappa shape index (κ1) is 10.3. The maximum atomic E-state index is 12.0. The van der Waals surface area contributed by atoms with Crippen LogP contribution in [0.15, 0.2) is 18.2 Å². The summed E-state index contributed by atoms with van der Waals surface area (Å²) in [7, 11) is 2.12. The van der Waals surface area contributed by atoms with Crippen LogP contribution < -0.4 is 0 Å². The van der Waals surface area contributed by atoms with Gasteiger partial charge in [-0.2, -0.15) is 0 Å². The van der Waals surface area contributed by atoms with Gasteiger partial charge in [-0.3, -0.25) is 4.79 Å². The Morgan fingerprint density at radius 2 is 2.19 bits per heavy atom. The molecule has 0 spiro atoms. The van der Waals surface area contributed by atoms with Gasteiger partial charge in [0.1, 0.15) is 0 Å². The van der Waals surface area contributed by atoms with Gasteiger partial charge in [-0.15, -0.1) is 0 Å². The van der Waals surface area contributed by atoms with E-state index in [1.807, 2.05) is 18.2 Å². The molecule has 0 unspecified atom stereocenters. The zero-order valence-corrected chi connectivity index (χ0v) is 10.00. The molecule has 0 amide bonds. The summed E-state index contributed by atoms with van der Waals surface area (Å²) in [5.41, 5.74) is 2.05. The van der Waals surface area contributed by atoms with Crippen molar-refractivity contribution in [3.8, 4) is 0 Å². The van der Waals surface area contributed by atoms with Gasteiger partial charge in [-0.1, -0.05) is 11.6 Å². The fourth-order valence-corrected chi connectivity index (χ4v) is 3.27. The highest BCUT2D eigenvalue weighted by Crippen LogP contribution is 2.41. The number of rotatable bonds is 0. The van der Waals surface area contributed by atoms with Gasteiger partial charge in [0.05, 0.1) is 0 Å². The van der Waals surface area contributed by atoms with Gasteiger partial charge in [0.2, 0.25) is 0 Å². The van der Waals surface area contributed by atoms with Gasteiger partial charge in [-0.25, -0.2) is 0 Å². The monoisotopic (exact) mass is 235 g/mol. The van der Waals surface area contributed by atoms with Gasteiger partial charge in [0.15, 0.2) is 5.78 Å². The van der Waals surface area contributed by atoms with E-state index in [9.17, 15) is 4.79 Å². The molecule has 1 saturated heterocycles. The number of carbonyl (C=O) groups is 1. The van der Waals surface area contributed by atoms with Crippen molar-refractivity contribution >= 4 is 17.4 Å². The summed E-state index contributed by atoms with van der Waals surface area (Å²) in [5.74, 6) is 1.27. The van der Waals surface area contributed by atoms with Crippen LogP contribution in [0.4, 0.5) is 0 Å². The van der Waals surface area contributed by atoms with Crippen molar-refractivity contribution in [2.24, 2.45) is 5.92 Å². The molecule has 1 aliphatic carbocycles. The number of ketones is 1. The average Bonchev–Trinajstić information content (AvgIpc) is 2.59. The number of nitrogens with zero attached hydrogens (tertiary/aromatic N) is 1. The normalized spacial score (nSPS) is 29.0. The highest BCUT2D eigenvalue weighted by molar-refractivity contribution is 6.30. The summed E-state index contributed by atoms with van der Waals surface area (Å²) >= 11 is 6.03. The minimum Gasteiger partial charge on any atom is -0.305 e. The van der Waals surface area contributed by atoms with Crippen molar-refractivity contribution in [1.29, 1.82) is 0 Å². The fourth-order valence-electron chi connectivity index (χ4n) is 3.09. The molecule has 1 heterocycles. The Balaban J connectivity index is 2.10. The summed E-state index contributed by atoms with van der Waals surface area (Å²) in [6.45, 7) is 2.08. The quantitative estimate of drug-likeness (QED) is 0.689. The number of hydrogen-bond acceptors (Lipinski definition) is 2. The molecule has 0 radical (unpaired) electrons. The highest BCUT2D eigenvalue weighted by atomic mass is 35.5. The molecule has 2 nitrogen and oxygen atoms in total. The lowest BCUT2D eigenvalue weighted by molar-refractivity contribution is 0.0946. The number of hydrogen-bond donors (Lipinski definition) is 0. The molecule has 3 rings (SSSR count). The Morgan fingerprint density at radius 1 is 1.38 bits per heavy atom. The average molecular weight is 236 g/mol. The van der Waals surface area contributed by atoms with E-state index in [0.717, 1.165) is 29.2 Å². The first-order valence-corrected chi connectivity index (χ1v) is 6.04. The van der Waals surface area contributed by atoms with Crippen molar-refractivity contribution < 1.29 is 4.79 Å². The Hall–Kier alpha value is -0.860. The number of fused-ring (bicyclic) bond motifs is 3. The minimum atomic E-state index is 0.281. The molecular formula is C13H14ClNO. The Kier molecular flexibility index (Phi) is 2.30. The molecule has 2 aliphatic rings. The smallest absolute Gasteiger partial charge is 0.163 e. The summed E-state index contributed by atoms with van der Waals surface area (Å²) in [6.07, 6.45) is 0.698. The lowest BCUT2D eigenvalue weighted by atomic mass is 9.76. The van der Waals surface area contributed by atoms with Crippen molar-refractivity contribution in [2.75, 3.05) is 20.1 Å². The molecule has 0 aromatic heterocycles. The summed E-state index contributed by atoms with van der Waals surface area (Å²) in [6, 6.07) is 5.68. The van der Waals surface area contributed by atoms with Crippen LogP contribution >= 0.6 is 11.6 Å². The lowest BCUT2D eigenvalue weighted by Crippen LogP contribution is -2.23. The first-order chi connectivity index (χ1) is 7.65. The van der Waals surface area contributed by atoms with Crippen molar-refractivity contribution in [3.05, 3.63) is 34.3 Å². The number of likely N-dealkylation sites (tertiary alicyclic amines) is 1. The molecule has 1 fully saturated rings. The Bertz CT molecular complexity index is 457. The second-order valence-corrected chi connectivity index (χ2v) is 5.38. The molecule has 1 aromatic carbocycles. The van der Waals surface area contributed by atoms with Crippen LogP contribution in [0.5, 0.6) is 0 Å². The molecule has 1 aromatic rings. The maximum absolute atomic E-state index is 12.0. The highest BCUT2D eigenvalue weighted by Gasteiger charge is 2.39. The zero-order chi connectivity index (χ0) is 11.3. The van der Waals surface area contributed by atoms with E-state index in [0.29, 0.717) is 18.3 Å². The SMILES string of the molecule is CN1C[C@H]2CC(=O)c3ccc(Cl)cc3[C@H]2C1. The van der Waals surface area contributed by atoms with Crippen molar-refractivity contribution in [3.63, 3.8) is 0 Å². The molecule has 0 N–H and O–H groups in total. The van der Waals surface area contributed by atoms with Crippen molar-refractivity contribution in [1.82, 2.24) is 4.90 Å². The van der Waals surface area contributed by atoms with Crippen LogP contribution in [-0.4, -0.2) is 30.8 Å². The van der Waals surface area contributed by atoms with E-state index in [1.54, 1.807) is 0 Å². The van der Waals surface area contributed by atoms with Crippen LogP contribution in [0.25, 0.3) is 0 Å². The molecule has 84 valence electrons. The Morgan fingerprint density at radius 3 is 3.00 bits per heavy atom. The second-order valence-electron chi connectivity index (χ2n) is 4.95. The number of halogens is 1. The molecule has 0 saturated carbocycles. The van der Waals surface area contributed by atoms with Gasteiger partial charge >= 0.3 is 0 Å². The predicted molar refractivity (Wildman–Crippen MR) is 64.1 cm³/mol. The van der Waals surface area contributed by atoms with E-state index in [2.05, 4.69) is 11.9 Å². The molecule has 0 bridgehead atoms. The molecule has 1 aliphatic heterocycles. The topological polar surface area (TPSA) is 20.3 Å². The summed E-state index contributed by atoms with van der Waals surface area (Å²) in [5, 5.41) is 0.738. The van der Waals surface area contributed by atoms with Crippen LogP contribution in [0.3, 0.4) is 0 Å². The third-order valence-electron chi connectivity index (χ3n) is 3.78. The molecule has 2 atom stereocenters. The Labute approximate surface area is 100 Å². The minimum absolute atomic E-state index is 0.281. The van der Waals surface area contributed by atoms with Crippen LogP contribution in [0, 0.1) is 5.92 Å². The number of benzene rings is 1. The number of likely N-dealkylation sites (N-methyl/N-ethyl adjacent to an activating group) is 1. The van der Waals surface area contributed by atoms with Crippen LogP contribution in [0.2, 0.25) is 5.02 Å². The van der Waals surface area contributed by atoms with Gasteiger partial charge in [-0.05, 0) is 36.7 Å². The molecule has 16 heavy (non-hydrogen) atoms. The van der Waals surface area contributed by atoms with E-state index in [4.69, 9.17) is 11.6 Å². The van der Waals surface area contributed by atoms with Gasteiger partial charge < -0.3 is 4.90 Å². The standard InChI is InChI=1S/C13H14ClNO/c1-15-6-8-4-13(16)10-3-2-9(14)5-11(10)12(8)7-15/h2-3,5,8,12H,4,6-7H2,1H3/t8-,12+/m1/s1. The third-order valence-corrected chi connectivity index (χ3v) is 4.02. The fraction of sp³-hybridized carbons (Fsp3) is 0.462. The first-order valence-electron chi connectivity index (χ1n) is 5.66. The van der Waals surface area contributed by atoms with E-state index in [-0.39, 0.29) is 5.78 Å². The second kappa shape index (κ2) is 3.57. The van der Waals surface area contributed by atoms with Gasteiger partial charge in [0, 0.05) is 36.0 Å². The van der Waals surface area contributed by atoms with Crippen molar-refractivity contribution in [2.45, 2.75) is 12.3 Å². The zero-order valence-electron chi connectivity index (χ0n) is 9.24. The summed E-state index contributed by atoms with van der Waals surface area (Å²) in [4.78, 5) is 14.3. The maximum Gasteiger partial charge on any atom is 0.163 e. The van der Waals surface area contributed by atoms with Crippen LogP contribution in [0.1, 0.15) is 28.3 Å². The van der Waals surface area contributed by atoms with Crippen LogP contribution in [-0.2, 0) is 0 Å².